The van der Waals surface area contributed by atoms with Gasteiger partial charge >= 0.3 is 0 Å². The third kappa shape index (κ3) is 3.60. The maximum Gasteiger partial charge on any atom is 0.225 e. The van der Waals surface area contributed by atoms with Gasteiger partial charge in [0.1, 0.15) is 0 Å². The molecule has 0 radical (unpaired) electrons. The fraction of sp³-hybridized carbons (Fsp3) is 0.312. The zero-order valence-corrected chi connectivity index (χ0v) is 13.6. The van der Waals surface area contributed by atoms with Gasteiger partial charge in [0.15, 0.2) is 0 Å². The van der Waals surface area contributed by atoms with Crippen molar-refractivity contribution in [3.63, 3.8) is 0 Å². The van der Waals surface area contributed by atoms with E-state index in [0.29, 0.717) is 21.5 Å². The van der Waals surface area contributed by atoms with Crippen LogP contribution >= 0.6 is 34.5 Å². The minimum Gasteiger partial charge on any atom is -0.348 e. The Hall–Kier alpha value is -1.03. The third-order valence-corrected chi connectivity index (χ3v) is 5.32. The second-order valence-corrected chi connectivity index (χ2v) is 7.07. The predicted octanol–water partition coefficient (Wildman–Crippen LogP) is 4.86. The molecule has 110 valence electrons. The topological polar surface area (TPSA) is 29.1 Å². The Balaban J connectivity index is 1.71. The molecule has 0 spiro atoms. The Bertz CT molecular complexity index is 617. The Labute approximate surface area is 138 Å². The van der Waals surface area contributed by atoms with E-state index in [9.17, 15) is 4.79 Å². The Morgan fingerprint density at radius 1 is 1.24 bits per heavy atom. The molecule has 2 aromatic rings. The first kappa shape index (κ1) is 14.9. The number of rotatable bonds is 5. The van der Waals surface area contributed by atoms with E-state index in [0.717, 1.165) is 0 Å². The first-order valence-electron chi connectivity index (χ1n) is 6.91. The van der Waals surface area contributed by atoms with Gasteiger partial charge in [0.25, 0.3) is 0 Å². The smallest absolute Gasteiger partial charge is 0.225 e. The molecular weight excluding hydrogens is 325 g/mol. The van der Waals surface area contributed by atoms with Crippen LogP contribution in [0.1, 0.15) is 29.3 Å². The van der Waals surface area contributed by atoms with Crippen LogP contribution in [0, 0.1) is 5.92 Å². The summed E-state index contributed by atoms with van der Waals surface area (Å²) < 4.78 is 0. The summed E-state index contributed by atoms with van der Waals surface area (Å²) in [6.45, 7) is 0. The average molecular weight is 340 g/mol. The van der Waals surface area contributed by atoms with Crippen molar-refractivity contribution >= 4 is 40.4 Å². The second-order valence-electron chi connectivity index (χ2n) is 5.28. The molecule has 1 aliphatic rings. The van der Waals surface area contributed by atoms with E-state index >= 15 is 0 Å². The van der Waals surface area contributed by atoms with Gasteiger partial charge in [0.2, 0.25) is 5.91 Å². The highest BCUT2D eigenvalue weighted by molar-refractivity contribution is 7.10. The number of benzene rings is 1. The summed E-state index contributed by atoms with van der Waals surface area (Å²) in [5, 5.41) is 6.26. The average Bonchev–Trinajstić information content (AvgIpc) is 3.15. The lowest BCUT2D eigenvalue weighted by Gasteiger charge is -2.17. The van der Waals surface area contributed by atoms with Crippen LogP contribution in [0.15, 0.2) is 35.7 Å². The molecule has 1 aromatic heterocycles. The minimum atomic E-state index is -0.0321. The van der Waals surface area contributed by atoms with E-state index in [1.54, 1.807) is 29.5 Å². The van der Waals surface area contributed by atoms with Crippen LogP contribution in [-0.2, 0) is 11.2 Å². The zero-order valence-electron chi connectivity index (χ0n) is 11.3. The van der Waals surface area contributed by atoms with Crippen molar-refractivity contribution in [1.82, 2.24) is 5.32 Å². The van der Waals surface area contributed by atoms with Crippen LogP contribution in [0.25, 0.3) is 0 Å². The lowest BCUT2D eigenvalue weighted by Crippen LogP contribution is -2.30. The molecule has 2 nitrogen and oxygen atoms in total. The summed E-state index contributed by atoms with van der Waals surface area (Å²) in [4.78, 5) is 13.5. The van der Waals surface area contributed by atoms with Crippen LogP contribution in [0.5, 0.6) is 0 Å². The van der Waals surface area contributed by atoms with Gasteiger partial charge in [-0.05, 0) is 47.9 Å². The molecule has 1 heterocycles. The highest BCUT2D eigenvalue weighted by Gasteiger charge is 2.34. The first-order chi connectivity index (χ1) is 10.1. The lowest BCUT2D eigenvalue weighted by atomic mass is 10.1. The van der Waals surface area contributed by atoms with E-state index < -0.39 is 0 Å². The van der Waals surface area contributed by atoms with Crippen molar-refractivity contribution in [2.75, 3.05) is 0 Å². The zero-order chi connectivity index (χ0) is 14.8. The van der Waals surface area contributed by atoms with Gasteiger partial charge in [-0.2, -0.15) is 0 Å². The summed E-state index contributed by atoms with van der Waals surface area (Å²) in [6, 6.07) is 9.52. The third-order valence-electron chi connectivity index (χ3n) is 3.66. The number of halogens is 2. The van der Waals surface area contributed by atoms with E-state index in [1.165, 1.54) is 17.7 Å². The van der Waals surface area contributed by atoms with Crippen LogP contribution in [0.3, 0.4) is 0 Å². The molecule has 1 aliphatic carbocycles. The van der Waals surface area contributed by atoms with Gasteiger partial charge in [0.05, 0.1) is 12.5 Å². The number of nitrogens with one attached hydrogen (secondary N) is 1. The van der Waals surface area contributed by atoms with Crippen molar-refractivity contribution in [2.45, 2.75) is 25.3 Å². The van der Waals surface area contributed by atoms with E-state index in [1.807, 2.05) is 11.4 Å². The summed E-state index contributed by atoms with van der Waals surface area (Å²) in [6.07, 6.45) is 2.57. The van der Waals surface area contributed by atoms with E-state index in [-0.39, 0.29) is 18.4 Å². The van der Waals surface area contributed by atoms with Crippen LogP contribution in [0.4, 0.5) is 0 Å². The summed E-state index contributed by atoms with van der Waals surface area (Å²) >= 11 is 13.9. The molecule has 21 heavy (non-hydrogen) atoms. The molecule has 5 heteroatoms. The molecule has 1 atom stereocenters. The normalized spacial score (nSPS) is 15.7. The van der Waals surface area contributed by atoms with E-state index in [2.05, 4.69) is 11.4 Å². The number of hydrogen-bond donors (Lipinski definition) is 1. The Morgan fingerprint density at radius 3 is 2.52 bits per heavy atom. The molecule has 1 fully saturated rings. The fourth-order valence-electron chi connectivity index (χ4n) is 2.41. The molecule has 1 amide bonds. The molecule has 0 bridgehead atoms. The maximum atomic E-state index is 12.3. The lowest BCUT2D eigenvalue weighted by molar-refractivity contribution is -0.121. The number of thiophene rings is 1. The van der Waals surface area contributed by atoms with Gasteiger partial charge in [-0.25, -0.2) is 0 Å². The number of amides is 1. The standard InChI is InChI=1S/C16H15Cl2NOS/c17-12-3-1-4-13(18)11(12)9-15(20)19-16(10-6-7-10)14-5-2-8-21-14/h1-5,8,10,16H,6-7,9H2,(H,19,20). The van der Waals surface area contributed by atoms with Crippen LogP contribution in [-0.4, -0.2) is 5.91 Å². The van der Waals surface area contributed by atoms with Crippen LogP contribution < -0.4 is 5.32 Å². The quantitative estimate of drug-likeness (QED) is 0.827. The fourth-order valence-corrected chi connectivity index (χ4v) is 3.81. The Morgan fingerprint density at radius 2 is 1.95 bits per heavy atom. The highest BCUT2D eigenvalue weighted by atomic mass is 35.5. The van der Waals surface area contributed by atoms with Gasteiger partial charge in [-0.15, -0.1) is 11.3 Å². The summed E-state index contributed by atoms with van der Waals surface area (Å²) in [7, 11) is 0. The summed E-state index contributed by atoms with van der Waals surface area (Å²) in [5.41, 5.74) is 0.694. The van der Waals surface area contributed by atoms with Gasteiger partial charge in [0, 0.05) is 14.9 Å². The second kappa shape index (κ2) is 6.39. The molecule has 1 unspecified atom stereocenters. The number of carbonyl (C=O) groups is 1. The predicted molar refractivity (Wildman–Crippen MR) is 88.1 cm³/mol. The number of carbonyl (C=O) groups excluding carboxylic acids is 1. The molecule has 1 aromatic carbocycles. The first-order valence-corrected chi connectivity index (χ1v) is 8.54. The van der Waals surface area contributed by atoms with Crippen molar-refractivity contribution in [3.8, 4) is 0 Å². The molecule has 3 rings (SSSR count). The number of hydrogen-bond acceptors (Lipinski definition) is 2. The Kier molecular flexibility index (Phi) is 4.53. The summed E-state index contributed by atoms with van der Waals surface area (Å²) in [5.74, 6) is 0.532. The van der Waals surface area contributed by atoms with Gasteiger partial charge in [-0.1, -0.05) is 35.3 Å². The van der Waals surface area contributed by atoms with E-state index in [4.69, 9.17) is 23.2 Å². The van der Waals surface area contributed by atoms with Crippen molar-refractivity contribution in [1.29, 1.82) is 0 Å². The minimum absolute atomic E-state index is 0.0321. The van der Waals surface area contributed by atoms with Crippen molar-refractivity contribution in [3.05, 3.63) is 56.2 Å². The van der Waals surface area contributed by atoms with Gasteiger partial charge < -0.3 is 5.32 Å². The van der Waals surface area contributed by atoms with Gasteiger partial charge in [-0.3, -0.25) is 4.79 Å². The van der Waals surface area contributed by atoms with Crippen molar-refractivity contribution in [2.24, 2.45) is 5.92 Å². The molecule has 1 saturated carbocycles. The van der Waals surface area contributed by atoms with Crippen molar-refractivity contribution < 1.29 is 4.79 Å². The highest BCUT2D eigenvalue weighted by Crippen LogP contribution is 2.42. The molecule has 0 aliphatic heterocycles. The maximum absolute atomic E-state index is 12.3. The largest absolute Gasteiger partial charge is 0.348 e. The molecule has 1 N–H and O–H groups in total. The monoisotopic (exact) mass is 339 g/mol. The molecule has 0 saturated heterocycles. The molecular formula is C16H15Cl2NOS. The van der Waals surface area contributed by atoms with Crippen LogP contribution in [0.2, 0.25) is 10.0 Å². The SMILES string of the molecule is O=C(Cc1c(Cl)cccc1Cl)NC(c1cccs1)C1CC1.